The minimum absolute atomic E-state index is 0.0946. The quantitative estimate of drug-likeness (QED) is 0.813. The first-order chi connectivity index (χ1) is 10.8. The fourth-order valence-corrected chi connectivity index (χ4v) is 4.45. The molecule has 1 aliphatic rings. The molecule has 0 unspecified atom stereocenters. The van der Waals surface area contributed by atoms with Crippen LogP contribution < -0.4 is 10.5 Å². The second kappa shape index (κ2) is 5.75. The number of hydrogen-bond acceptors (Lipinski definition) is 6. The summed E-state index contributed by atoms with van der Waals surface area (Å²) >= 11 is 0. The van der Waals surface area contributed by atoms with Gasteiger partial charge >= 0.3 is 5.76 Å². The van der Waals surface area contributed by atoms with Gasteiger partial charge in [-0.25, -0.2) is 17.9 Å². The first-order valence-electron chi connectivity index (χ1n) is 7.17. The molecule has 0 saturated carbocycles. The molecule has 3 rings (SSSR count). The number of nitrogens with one attached hydrogen (secondary N) is 2. The van der Waals surface area contributed by atoms with Crippen molar-refractivity contribution in [1.29, 1.82) is 0 Å². The van der Waals surface area contributed by atoms with Gasteiger partial charge in [0.15, 0.2) is 5.58 Å². The Kier molecular flexibility index (Phi) is 4.05. The average Bonchev–Trinajstić information content (AvgIpc) is 2.98. The smallest absolute Gasteiger partial charge is 0.408 e. The number of sulfonamides is 1. The van der Waals surface area contributed by atoms with Crippen LogP contribution in [0, 0.1) is 6.92 Å². The molecule has 2 atom stereocenters. The maximum atomic E-state index is 12.7. The number of benzene rings is 1. The van der Waals surface area contributed by atoms with E-state index in [0.717, 1.165) is 0 Å². The molecule has 2 aromatic rings. The molecular weight excluding hydrogens is 322 g/mol. The summed E-state index contributed by atoms with van der Waals surface area (Å²) in [5, 5.41) is 0. The minimum atomic E-state index is -3.76. The van der Waals surface area contributed by atoms with E-state index in [1.54, 1.807) is 20.1 Å². The van der Waals surface area contributed by atoms with E-state index in [1.165, 1.54) is 6.07 Å². The largest absolute Gasteiger partial charge is 0.417 e. The molecule has 1 saturated heterocycles. The molecule has 8 nitrogen and oxygen atoms in total. The lowest BCUT2D eigenvalue weighted by Crippen LogP contribution is -2.43. The Morgan fingerprint density at radius 1 is 1.39 bits per heavy atom. The summed E-state index contributed by atoms with van der Waals surface area (Å²) in [6.07, 6.45) is -0.205. The number of aromatic amines is 1. The number of aryl methyl sites for hydroxylation is 1. The highest BCUT2D eigenvalue weighted by molar-refractivity contribution is 7.89. The van der Waals surface area contributed by atoms with Crippen molar-refractivity contribution < 1.29 is 17.6 Å². The normalized spacial score (nSPS) is 22.9. The molecule has 0 amide bonds. The number of methoxy groups -OCH3 is 1. The van der Waals surface area contributed by atoms with E-state index in [0.29, 0.717) is 24.2 Å². The molecule has 9 heteroatoms. The van der Waals surface area contributed by atoms with Crippen molar-refractivity contribution in [3.05, 3.63) is 28.2 Å². The Bertz CT molecular complexity index is 885. The van der Waals surface area contributed by atoms with Gasteiger partial charge in [0, 0.05) is 26.3 Å². The molecule has 1 aromatic heterocycles. The Hall–Kier alpha value is -1.68. The minimum Gasteiger partial charge on any atom is -0.408 e. The van der Waals surface area contributed by atoms with Crippen molar-refractivity contribution in [1.82, 2.24) is 14.6 Å². The number of rotatable bonds is 4. The Labute approximate surface area is 133 Å². The lowest BCUT2D eigenvalue weighted by atomic mass is 10.2. The third-order valence-electron chi connectivity index (χ3n) is 4.06. The number of nitrogens with zero attached hydrogens (tertiary/aromatic N) is 1. The number of oxazole rings is 1. The zero-order valence-corrected chi connectivity index (χ0v) is 13.9. The molecule has 2 heterocycles. The number of aromatic nitrogens is 1. The number of hydrogen-bond donors (Lipinski definition) is 2. The zero-order valence-electron chi connectivity index (χ0n) is 13.1. The predicted molar refractivity (Wildman–Crippen MR) is 84.0 cm³/mol. The first kappa shape index (κ1) is 16.2. The molecular formula is C14H19N3O5S. The van der Waals surface area contributed by atoms with E-state index >= 15 is 0 Å². The molecule has 1 aromatic carbocycles. The highest BCUT2D eigenvalue weighted by Gasteiger charge is 2.34. The van der Waals surface area contributed by atoms with E-state index in [4.69, 9.17) is 9.15 Å². The van der Waals surface area contributed by atoms with Gasteiger partial charge in [-0.05, 0) is 25.6 Å². The van der Waals surface area contributed by atoms with Crippen LogP contribution in [0.2, 0.25) is 0 Å². The van der Waals surface area contributed by atoms with E-state index in [-0.39, 0.29) is 22.6 Å². The van der Waals surface area contributed by atoms with Crippen molar-refractivity contribution in [2.45, 2.75) is 24.0 Å². The Morgan fingerprint density at radius 3 is 2.83 bits per heavy atom. The van der Waals surface area contributed by atoms with Gasteiger partial charge in [-0.2, -0.15) is 0 Å². The van der Waals surface area contributed by atoms with Crippen LogP contribution in [0.4, 0.5) is 0 Å². The maximum absolute atomic E-state index is 12.7. The van der Waals surface area contributed by atoms with Crippen LogP contribution >= 0.6 is 0 Å². The van der Waals surface area contributed by atoms with Crippen LogP contribution in [-0.2, 0) is 14.8 Å². The van der Waals surface area contributed by atoms with Crippen LogP contribution in [-0.4, -0.2) is 57.7 Å². The van der Waals surface area contributed by atoms with E-state index in [1.807, 2.05) is 11.9 Å². The molecule has 0 radical (unpaired) electrons. The number of likely N-dealkylation sites (tertiary alicyclic amines) is 1. The summed E-state index contributed by atoms with van der Waals surface area (Å²) in [6, 6.07) is 2.62. The van der Waals surface area contributed by atoms with Crippen molar-refractivity contribution in [2.24, 2.45) is 0 Å². The van der Waals surface area contributed by atoms with Crippen molar-refractivity contribution in [3.8, 4) is 0 Å². The number of H-pyrrole nitrogens is 1. The Balaban J connectivity index is 1.96. The highest BCUT2D eigenvalue weighted by atomic mass is 32.2. The molecule has 1 aliphatic heterocycles. The van der Waals surface area contributed by atoms with Crippen LogP contribution in [0.1, 0.15) is 5.56 Å². The second-order valence-corrected chi connectivity index (χ2v) is 7.53. The van der Waals surface area contributed by atoms with Crippen LogP contribution in [0.25, 0.3) is 11.1 Å². The van der Waals surface area contributed by atoms with Gasteiger partial charge in [-0.1, -0.05) is 0 Å². The van der Waals surface area contributed by atoms with E-state index < -0.39 is 15.8 Å². The molecule has 2 N–H and O–H groups in total. The van der Waals surface area contributed by atoms with Crippen LogP contribution in [0.15, 0.2) is 26.2 Å². The maximum Gasteiger partial charge on any atom is 0.417 e. The van der Waals surface area contributed by atoms with E-state index in [2.05, 4.69) is 9.71 Å². The van der Waals surface area contributed by atoms with Crippen molar-refractivity contribution in [2.75, 3.05) is 27.2 Å². The van der Waals surface area contributed by atoms with Gasteiger partial charge in [0.2, 0.25) is 10.0 Å². The van der Waals surface area contributed by atoms with Gasteiger partial charge in [0.1, 0.15) is 0 Å². The summed E-state index contributed by atoms with van der Waals surface area (Å²) < 4.78 is 38.4. The summed E-state index contributed by atoms with van der Waals surface area (Å²) in [5.41, 5.74) is 1.22. The molecule has 0 spiro atoms. The van der Waals surface area contributed by atoms with Gasteiger partial charge in [-0.3, -0.25) is 4.98 Å². The standard InChI is InChI=1S/C14H19N3O5S/c1-8-4-9-11(22-14(18)15-9)5-13(8)23(19,20)16-10-6-17(2)7-12(10)21-3/h4-5,10,12,16H,6-7H2,1-3H3,(H,15,18)/t10-,12-/m0/s1. The van der Waals surface area contributed by atoms with Gasteiger partial charge < -0.3 is 14.1 Å². The van der Waals surface area contributed by atoms with E-state index in [9.17, 15) is 13.2 Å². The van der Waals surface area contributed by atoms with Gasteiger partial charge in [0.05, 0.1) is 22.6 Å². The summed E-state index contributed by atoms with van der Waals surface area (Å²) in [6.45, 7) is 2.90. The molecule has 0 bridgehead atoms. The van der Waals surface area contributed by atoms with Gasteiger partial charge in [-0.15, -0.1) is 0 Å². The molecule has 1 fully saturated rings. The van der Waals surface area contributed by atoms with Crippen LogP contribution in [0.5, 0.6) is 0 Å². The number of likely N-dealkylation sites (N-methyl/N-ethyl adjacent to an activating group) is 1. The highest BCUT2D eigenvalue weighted by Crippen LogP contribution is 2.23. The second-order valence-electron chi connectivity index (χ2n) is 5.85. The molecule has 23 heavy (non-hydrogen) atoms. The zero-order chi connectivity index (χ0) is 16.8. The van der Waals surface area contributed by atoms with Gasteiger partial charge in [0.25, 0.3) is 0 Å². The molecule has 126 valence electrons. The SMILES string of the molecule is CO[C@H]1CN(C)C[C@@H]1NS(=O)(=O)c1cc2oc(=O)[nH]c2cc1C. The van der Waals surface area contributed by atoms with Crippen molar-refractivity contribution in [3.63, 3.8) is 0 Å². The lowest BCUT2D eigenvalue weighted by molar-refractivity contribution is 0.0969. The number of ether oxygens (including phenoxy) is 1. The Morgan fingerprint density at radius 2 is 2.13 bits per heavy atom. The third kappa shape index (κ3) is 3.05. The number of fused-ring (bicyclic) bond motifs is 1. The monoisotopic (exact) mass is 341 g/mol. The average molecular weight is 341 g/mol. The summed E-state index contributed by atoms with van der Waals surface area (Å²) in [7, 11) is -0.280. The first-order valence-corrected chi connectivity index (χ1v) is 8.65. The fourth-order valence-electron chi connectivity index (χ4n) is 2.95. The lowest BCUT2D eigenvalue weighted by Gasteiger charge is -2.19. The topological polar surface area (TPSA) is 105 Å². The van der Waals surface area contributed by atoms with Crippen LogP contribution in [0.3, 0.4) is 0 Å². The predicted octanol–water partition coefficient (Wildman–Crippen LogP) is 0.0368. The molecule has 0 aliphatic carbocycles. The van der Waals surface area contributed by atoms with Crippen molar-refractivity contribution >= 4 is 21.1 Å². The fraction of sp³-hybridized carbons (Fsp3) is 0.500. The summed E-state index contributed by atoms with van der Waals surface area (Å²) in [4.78, 5) is 15.9. The third-order valence-corrected chi connectivity index (χ3v) is 5.70. The summed E-state index contributed by atoms with van der Waals surface area (Å²) in [5.74, 6) is -0.612.